The molecule has 0 saturated heterocycles. The SMILES string of the molecule is CC(C)CC(=O)Nc1ncccc1-n1cnc(Cn2nc(-c3ccc(Cl)cc3)n(C[C@H](O)C(F)(F)F)c2=O)n1. The molecule has 0 spiro atoms. The number of hydrogen-bond acceptors (Lipinski definition) is 7. The second-order valence-corrected chi connectivity index (χ2v) is 9.50. The second kappa shape index (κ2) is 11.4. The predicted octanol–water partition coefficient (Wildman–Crippen LogP) is 3.30. The van der Waals surface area contributed by atoms with Gasteiger partial charge in [0.05, 0.1) is 6.54 Å². The van der Waals surface area contributed by atoms with Gasteiger partial charge in [-0.1, -0.05) is 25.4 Å². The summed E-state index contributed by atoms with van der Waals surface area (Å²) in [4.78, 5) is 33.7. The van der Waals surface area contributed by atoms with E-state index in [0.717, 1.165) is 9.25 Å². The fourth-order valence-electron chi connectivity index (χ4n) is 3.65. The van der Waals surface area contributed by atoms with Crippen molar-refractivity contribution in [1.82, 2.24) is 34.1 Å². The first-order valence-corrected chi connectivity index (χ1v) is 12.1. The molecule has 1 amide bonds. The van der Waals surface area contributed by atoms with Gasteiger partial charge >= 0.3 is 11.9 Å². The molecular formula is C24H24ClF3N8O3. The third-order valence-corrected chi connectivity index (χ3v) is 5.73. The van der Waals surface area contributed by atoms with Crippen molar-refractivity contribution in [2.45, 2.75) is 45.6 Å². The van der Waals surface area contributed by atoms with Gasteiger partial charge in [0.1, 0.15) is 18.6 Å². The number of carbonyl (C=O) groups is 1. The van der Waals surface area contributed by atoms with Crippen molar-refractivity contribution in [3.8, 4) is 17.1 Å². The molecule has 0 bridgehead atoms. The number of aromatic nitrogens is 7. The first-order valence-electron chi connectivity index (χ1n) is 11.8. The van der Waals surface area contributed by atoms with E-state index in [-0.39, 0.29) is 35.8 Å². The maximum Gasteiger partial charge on any atom is 0.416 e. The minimum atomic E-state index is -4.94. The highest BCUT2D eigenvalue weighted by atomic mass is 35.5. The number of alkyl halides is 3. The molecule has 0 saturated carbocycles. The maximum absolute atomic E-state index is 13.1. The van der Waals surface area contributed by atoms with Gasteiger partial charge in [-0.25, -0.2) is 24.1 Å². The number of benzene rings is 1. The zero-order valence-electron chi connectivity index (χ0n) is 20.8. The van der Waals surface area contributed by atoms with E-state index >= 15 is 0 Å². The fraction of sp³-hybridized carbons (Fsp3) is 0.333. The Balaban J connectivity index is 1.65. The van der Waals surface area contributed by atoms with Crippen LogP contribution in [0.1, 0.15) is 26.1 Å². The van der Waals surface area contributed by atoms with Crippen LogP contribution in [0.15, 0.2) is 53.7 Å². The Morgan fingerprint density at radius 1 is 1.13 bits per heavy atom. The summed E-state index contributed by atoms with van der Waals surface area (Å²) < 4.78 is 42.2. The van der Waals surface area contributed by atoms with Crippen molar-refractivity contribution in [3.05, 3.63) is 70.3 Å². The Hall–Kier alpha value is -4.04. The Kier molecular flexibility index (Phi) is 8.16. The van der Waals surface area contributed by atoms with Gasteiger partial charge in [0, 0.05) is 23.2 Å². The van der Waals surface area contributed by atoms with Crippen molar-refractivity contribution in [1.29, 1.82) is 0 Å². The van der Waals surface area contributed by atoms with Crippen molar-refractivity contribution in [2.24, 2.45) is 5.92 Å². The molecule has 206 valence electrons. The standard InChI is InChI=1S/C24H24ClF3N8O3/c1-14(2)10-20(38)31-21-17(4-3-9-29-21)36-13-30-19(32-36)12-35-23(39)34(11-18(37)24(26,27)28)22(33-35)15-5-7-16(25)8-6-15/h3-9,13-14,18,37H,10-12H2,1-2H3,(H,29,31,38)/t18-/m0/s1. The normalized spacial score (nSPS) is 12.6. The van der Waals surface area contributed by atoms with Crippen LogP contribution in [0, 0.1) is 5.92 Å². The molecule has 4 rings (SSSR count). The third-order valence-electron chi connectivity index (χ3n) is 5.47. The van der Waals surface area contributed by atoms with E-state index in [1.165, 1.54) is 41.5 Å². The lowest BCUT2D eigenvalue weighted by atomic mass is 10.1. The highest BCUT2D eigenvalue weighted by Gasteiger charge is 2.39. The number of carbonyl (C=O) groups excluding carboxylic acids is 1. The number of rotatable bonds is 9. The molecule has 2 N–H and O–H groups in total. The molecular weight excluding hydrogens is 541 g/mol. The molecule has 39 heavy (non-hydrogen) atoms. The van der Waals surface area contributed by atoms with E-state index in [1.807, 2.05) is 13.8 Å². The van der Waals surface area contributed by atoms with Gasteiger partial charge in [0.25, 0.3) is 0 Å². The van der Waals surface area contributed by atoms with Gasteiger partial charge in [-0.3, -0.25) is 9.36 Å². The van der Waals surface area contributed by atoms with Gasteiger partial charge in [-0.05, 0) is 42.3 Å². The van der Waals surface area contributed by atoms with Crippen LogP contribution in [0.5, 0.6) is 0 Å². The lowest BCUT2D eigenvalue weighted by Gasteiger charge is -2.15. The lowest BCUT2D eigenvalue weighted by molar-refractivity contribution is -0.207. The molecule has 1 atom stereocenters. The van der Waals surface area contributed by atoms with Crippen LogP contribution >= 0.6 is 11.6 Å². The summed E-state index contributed by atoms with van der Waals surface area (Å²) in [7, 11) is 0. The highest BCUT2D eigenvalue weighted by Crippen LogP contribution is 2.24. The van der Waals surface area contributed by atoms with Crippen molar-refractivity contribution >= 4 is 23.3 Å². The summed E-state index contributed by atoms with van der Waals surface area (Å²) in [5.74, 6) is 0.194. The number of amides is 1. The average Bonchev–Trinajstić information content (AvgIpc) is 3.44. The van der Waals surface area contributed by atoms with E-state index in [2.05, 4.69) is 25.5 Å². The third kappa shape index (κ3) is 6.70. The summed E-state index contributed by atoms with van der Waals surface area (Å²) in [6.45, 7) is 2.48. The van der Waals surface area contributed by atoms with E-state index < -0.39 is 24.5 Å². The first kappa shape index (κ1) is 28.0. The zero-order chi connectivity index (χ0) is 28.3. The number of nitrogens with one attached hydrogen (secondary N) is 1. The lowest BCUT2D eigenvalue weighted by Crippen LogP contribution is -2.37. The minimum absolute atomic E-state index is 0.0955. The summed E-state index contributed by atoms with van der Waals surface area (Å²) in [5.41, 5.74) is -0.163. The zero-order valence-corrected chi connectivity index (χ0v) is 21.6. The molecule has 4 aromatic rings. The van der Waals surface area contributed by atoms with Gasteiger partial charge in [0.2, 0.25) is 5.91 Å². The number of aliphatic hydroxyl groups is 1. The van der Waals surface area contributed by atoms with Crippen LogP contribution in [0.4, 0.5) is 19.0 Å². The topological polar surface area (TPSA) is 133 Å². The van der Waals surface area contributed by atoms with Gasteiger partial charge < -0.3 is 10.4 Å². The van der Waals surface area contributed by atoms with Crippen molar-refractivity contribution in [2.75, 3.05) is 5.32 Å². The van der Waals surface area contributed by atoms with Crippen molar-refractivity contribution in [3.63, 3.8) is 0 Å². The minimum Gasteiger partial charge on any atom is -0.382 e. The Labute approximate surface area is 224 Å². The summed E-state index contributed by atoms with van der Waals surface area (Å²) in [6.07, 6.45) is -4.58. The van der Waals surface area contributed by atoms with E-state index in [0.29, 0.717) is 22.7 Å². The van der Waals surface area contributed by atoms with Crippen LogP contribution in [0.3, 0.4) is 0 Å². The molecule has 0 aliphatic carbocycles. The Morgan fingerprint density at radius 2 is 1.85 bits per heavy atom. The monoisotopic (exact) mass is 564 g/mol. The number of aliphatic hydroxyl groups excluding tert-OH is 1. The quantitative estimate of drug-likeness (QED) is 0.319. The maximum atomic E-state index is 13.1. The van der Waals surface area contributed by atoms with Gasteiger partial charge in [-0.15, -0.1) is 10.2 Å². The molecule has 3 aromatic heterocycles. The van der Waals surface area contributed by atoms with Crippen LogP contribution in [-0.2, 0) is 17.9 Å². The summed E-state index contributed by atoms with van der Waals surface area (Å²) >= 11 is 5.91. The number of pyridine rings is 1. The van der Waals surface area contributed by atoms with E-state index in [9.17, 15) is 27.9 Å². The second-order valence-electron chi connectivity index (χ2n) is 9.06. The molecule has 0 fully saturated rings. The van der Waals surface area contributed by atoms with E-state index in [4.69, 9.17) is 11.6 Å². The first-order chi connectivity index (χ1) is 18.4. The largest absolute Gasteiger partial charge is 0.416 e. The van der Waals surface area contributed by atoms with Crippen LogP contribution in [0.25, 0.3) is 17.1 Å². The number of halogens is 4. The summed E-state index contributed by atoms with van der Waals surface area (Å²) in [5, 5.41) is 21.3. The van der Waals surface area contributed by atoms with E-state index in [1.54, 1.807) is 12.1 Å². The Morgan fingerprint density at radius 3 is 2.51 bits per heavy atom. The highest BCUT2D eigenvalue weighted by molar-refractivity contribution is 6.30. The molecule has 0 unspecified atom stereocenters. The number of anilines is 1. The average molecular weight is 565 g/mol. The fourth-order valence-corrected chi connectivity index (χ4v) is 3.78. The Bertz CT molecular complexity index is 1510. The molecule has 0 aliphatic heterocycles. The molecule has 15 heteroatoms. The molecule has 0 radical (unpaired) electrons. The number of nitrogens with zero attached hydrogens (tertiary/aromatic N) is 7. The summed E-state index contributed by atoms with van der Waals surface area (Å²) in [6, 6.07) is 9.30. The smallest absolute Gasteiger partial charge is 0.382 e. The molecule has 0 aliphatic rings. The van der Waals surface area contributed by atoms with Crippen LogP contribution in [-0.4, -0.2) is 57.4 Å². The number of hydrogen-bond donors (Lipinski definition) is 2. The van der Waals surface area contributed by atoms with Crippen LogP contribution < -0.4 is 11.0 Å². The molecule has 3 heterocycles. The van der Waals surface area contributed by atoms with Gasteiger partial charge in [0.15, 0.2) is 23.6 Å². The molecule has 1 aromatic carbocycles. The molecule has 11 nitrogen and oxygen atoms in total. The van der Waals surface area contributed by atoms with Crippen LogP contribution in [0.2, 0.25) is 5.02 Å². The van der Waals surface area contributed by atoms with Gasteiger partial charge in [-0.2, -0.15) is 13.2 Å². The van der Waals surface area contributed by atoms with Crippen molar-refractivity contribution < 1.29 is 23.1 Å². The predicted molar refractivity (Wildman–Crippen MR) is 135 cm³/mol.